The van der Waals surface area contributed by atoms with Crippen molar-refractivity contribution < 1.29 is 9.47 Å². The van der Waals surface area contributed by atoms with Crippen molar-refractivity contribution >= 4 is 0 Å². The van der Waals surface area contributed by atoms with Gasteiger partial charge in [0.2, 0.25) is 0 Å². The largest absolute Gasteiger partial charge is 0.497 e. The second kappa shape index (κ2) is 6.51. The molecule has 0 amide bonds. The predicted molar refractivity (Wildman–Crippen MR) is 65.9 cm³/mol. The van der Waals surface area contributed by atoms with Gasteiger partial charge in [0.15, 0.2) is 0 Å². The predicted octanol–water partition coefficient (Wildman–Crippen LogP) is 2.38. The van der Waals surface area contributed by atoms with Crippen molar-refractivity contribution in [3.63, 3.8) is 0 Å². The Morgan fingerprint density at radius 1 is 1.12 bits per heavy atom. The van der Waals surface area contributed by atoms with E-state index in [-0.39, 0.29) is 0 Å². The molecule has 1 N–H and O–H groups in total. The Balaban J connectivity index is 2.55. The normalized spacial score (nSPS) is 14.5. The van der Waals surface area contributed by atoms with Gasteiger partial charge in [0.25, 0.3) is 0 Å². The summed E-state index contributed by atoms with van der Waals surface area (Å²) < 4.78 is 10.2. The molecule has 1 rings (SSSR count). The van der Waals surface area contributed by atoms with Gasteiger partial charge in [-0.1, -0.05) is 12.1 Å². The van der Waals surface area contributed by atoms with E-state index in [1.165, 1.54) is 5.56 Å². The Kier molecular flexibility index (Phi) is 5.29. The van der Waals surface area contributed by atoms with E-state index in [0.717, 1.165) is 12.4 Å². The first-order chi connectivity index (χ1) is 7.67. The molecule has 0 fully saturated rings. The lowest BCUT2D eigenvalue weighted by molar-refractivity contribution is 0.167. The van der Waals surface area contributed by atoms with Crippen molar-refractivity contribution in [1.82, 2.24) is 5.32 Å². The van der Waals surface area contributed by atoms with Gasteiger partial charge in [0.1, 0.15) is 5.75 Å². The molecule has 1 unspecified atom stereocenters. The fourth-order valence-electron chi connectivity index (χ4n) is 1.71. The molecule has 0 saturated carbocycles. The van der Waals surface area contributed by atoms with Crippen LogP contribution in [0.1, 0.15) is 25.5 Å². The van der Waals surface area contributed by atoms with Gasteiger partial charge in [-0.05, 0) is 31.5 Å². The monoisotopic (exact) mass is 223 g/mol. The van der Waals surface area contributed by atoms with Gasteiger partial charge in [-0.3, -0.25) is 0 Å². The van der Waals surface area contributed by atoms with Crippen LogP contribution in [0.3, 0.4) is 0 Å². The molecule has 0 bridgehead atoms. The van der Waals surface area contributed by atoms with Gasteiger partial charge in [-0.15, -0.1) is 0 Å². The highest BCUT2D eigenvalue weighted by Crippen LogP contribution is 2.17. The number of benzene rings is 1. The summed E-state index contributed by atoms with van der Waals surface area (Å²) in [5.74, 6) is 0.890. The molecule has 0 radical (unpaired) electrons. The van der Waals surface area contributed by atoms with Crippen molar-refractivity contribution in [2.24, 2.45) is 0 Å². The van der Waals surface area contributed by atoms with Crippen LogP contribution < -0.4 is 10.1 Å². The van der Waals surface area contributed by atoms with Crippen LogP contribution >= 0.6 is 0 Å². The minimum Gasteiger partial charge on any atom is -0.497 e. The van der Waals surface area contributed by atoms with E-state index in [4.69, 9.17) is 9.47 Å². The molecule has 0 aliphatic heterocycles. The molecule has 3 nitrogen and oxygen atoms in total. The maximum Gasteiger partial charge on any atom is 0.118 e. The molecule has 0 aromatic heterocycles. The van der Waals surface area contributed by atoms with Crippen LogP contribution in [0, 0.1) is 0 Å². The van der Waals surface area contributed by atoms with E-state index in [1.54, 1.807) is 14.2 Å². The van der Waals surface area contributed by atoms with Gasteiger partial charge >= 0.3 is 0 Å². The van der Waals surface area contributed by atoms with E-state index >= 15 is 0 Å². The lowest BCUT2D eigenvalue weighted by Gasteiger charge is -2.19. The average Bonchev–Trinajstić information content (AvgIpc) is 2.29. The molecule has 0 spiro atoms. The Morgan fingerprint density at radius 3 is 2.25 bits per heavy atom. The standard InChI is InChI=1S/C13H21NO2/c1-10(9-15-3)14-11(2)12-5-7-13(16-4)8-6-12/h5-8,10-11,14H,9H2,1-4H3/t10?,11-/m0/s1. The molecule has 0 saturated heterocycles. The summed E-state index contributed by atoms with van der Waals surface area (Å²) in [4.78, 5) is 0. The zero-order chi connectivity index (χ0) is 12.0. The van der Waals surface area contributed by atoms with Crippen LogP contribution in [0.2, 0.25) is 0 Å². The molecule has 0 heterocycles. The summed E-state index contributed by atoms with van der Waals surface area (Å²) >= 11 is 0. The molecule has 3 heteroatoms. The zero-order valence-corrected chi connectivity index (χ0v) is 10.5. The third kappa shape index (κ3) is 3.83. The topological polar surface area (TPSA) is 30.5 Å². The van der Waals surface area contributed by atoms with Gasteiger partial charge in [-0.25, -0.2) is 0 Å². The first-order valence-electron chi connectivity index (χ1n) is 5.56. The van der Waals surface area contributed by atoms with Crippen molar-refractivity contribution in [1.29, 1.82) is 0 Å². The molecule has 2 atom stereocenters. The van der Waals surface area contributed by atoms with Gasteiger partial charge in [-0.2, -0.15) is 0 Å². The summed E-state index contributed by atoms with van der Waals surface area (Å²) in [5.41, 5.74) is 1.25. The number of rotatable bonds is 6. The quantitative estimate of drug-likeness (QED) is 0.803. The van der Waals surface area contributed by atoms with Crippen LogP contribution in [0.4, 0.5) is 0 Å². The van der Waals surface area contributed by atoms with E-state index in [0.29, 0.717) is 12.1 Å². The molecule has 1 aromatic rings. The van der Waals surface area contributed by atoms with Crippen molar-refractivity contribution in [2.75, 3.05) is 20.8 Å². The van der Waals surface area contributed by atoms with E-state index in [2.05, 4.69) is 31.3 Å². The fraction of sp³-hybridized carbons (Fsp3) is 0.538. The van der Waals surface area contributed by atoms with Gasteiger partial charge in [0, 0.05) is 19.2 Å². The van der Waals surface area contributed by atoms with E-state index in [9.17, 15) is 0 Å². The smallest absolute Gasteiger partial charge is 0.118 e. The van der Waals surface area contributed by atoms with E-state index < -0.39 is 0 Å². The SMILES string of the molecule is COCC(C)N[C@@H](C)c1ccc(OC)cc1. The summed E-state index contributed by atoms with van der Waals surface area (Å²) in [5, 5.41) is 3.47. The minimum atomic E-state index is 0.316. The highest BCUT2D eigenvalue weighted by atomic mass is 16.5. The molecule has 0 aliphatic rings. The molecule has 1 aromatic carbocycles. The van der Waals surface area contributed by atoms with Crippen LogP contribution in [-0.2, 0) is 4.74 Å². The molecular weight excluding hydrogens is 202 g/mol. The lowest BCUT2D eigenvalue weighted by Crippen LogP contribution is -2.32. The number of hydrogen-bond acceptors (Lipinski definition) is 3. The van der Waals surface area contributed by atoms with Crippen LogP contribution in [-0.4, -0.2) is 26.9 Å². The average molecular weight is 223 g/mol. The number of methoxy groups -OCH3 is 2. The fourth-order valence-corrected chi connectivity index (χ4v) is 1.71. The second-order valence-corrected chi connectivity index (χ2v) is 4.02. The Labute approximate surface area is 97.8 Å². The van der Waals surface area contributed by atoms with Crippen molar-refractivity contribution in [2.45, 2.75) is 25.9 Å². The lowest BCUT2D eigenvalue weighted by atomic mass is 10.1. The number of hydrogen-bond donors (Lipinski definition) is 1. The summed E-state index contributed by atoms with van der Waals surface area (Å²) in [6.45, 7) is 4.98. The minimum absolute atomic E-state index is 0.316. The molecule has 0 aliphatic carbocycles. The number of ether oxygens (including phenoxy) is 2. The number of nitrogens with one attached hydrogen (secondary N) is 1. The third-order valence-corrected chi connectivity index (χ3v) is 2.57. The maximum atomic E-state index is 5.13. The van der Waals surface area contributed by atoms with E-state index in [1.807, 2.05) is 12.1 Å². The maximum absolute atomic E-state index is 5.13. The van der Waals surface area contributed by atoms with Crippen molar-refractivity contribution in [3.8, 4) is 5.75 Å². The first kappa shape index (κ1) is 13.0. The Bertz CT molecular complexity index is 297. The summed E-state index contributed by atoms with van der Waals surface area (Å²) in [6.07, 6.45) is 0. The Hall–Kier alpha value is -1.06. The van der Waals surface area contributed by atoms with Crippen LogP contribution in [0.15, 0.2) is 24.3 Å². The Morgan fingerprint density at radius 2 is 1.75 bits per heavy atom. The summed E-state index contributed by atoms with van der Waals surface area (Å²) in [6, 6.07) is 8.79. The van der Waals surface area contributed by atoms with Gasteiger partial charge < -0.3 is 14.8 Å². The van der Waals surface area contributed by atoms with Crippen LogP contribution in [0.5, 0.6) is 5.75 Å². The highest BCUT2D eigenvalue weighted by molar-refractivity contribution is 5.28. The molecule has 90 valence electrons. The first-order valence-corrected chi connectivity index (χ1v) is 5.56. The molecular formula is C13H21NO2. The van der Waals surface area contributed by atoms with Crippen LogP contribution in [0.25, 0.3) is 0 Å². The summed E-state index contributed by atoms with van der Waals surface area (Å²) in [7, 11) is 3.40. The third-order valence-electron chi connectivity index (χ3n) is 2.57. The zero-order valence-electron chi connectivity index (χ0n) is 10.5. The second-order valence-electron chi connectivity index (χ2n) is 4.02. The van der Waals surface area contributed by atoms with Crippen molar-refractivity contribution in [3.05, 3.63) is 29.8 Å². The highest BCUT2D eigenvalue weighted by Gasteiger charge is 2.08. The van der Waals surface area contributed by atoms with Gasteiger partial charge in [0.05, 0.1) is 13.7 Å². The molecule has 16 heavy (non-hydrogen) atoms.